The average Bonchev–Trinajstić information content (AvgIpc) is 2.83. The number of aromatic nitrogens is 1. The lowest BCUT2D eigenvalue weighted by atomic mass is 10.3. The fourth-order valence-electron chi connectivity index (χ4n) is 2.00. The molecule has 4 nitrogen and oxygen atoms in total. The average molecular weight is 272 g/mol. The summed E-state index contributed by atoms with van der Waals surface area (Å²) >= 11 is 0. The van der Waals surface area contributed by atoms with E-state index in [0.717, 1.165) is 10.9 Å². The van der Waals surface area contributed by atoms with Gasteiger partial charge in [-0.1, -0.05) is 24.3 Å². The van der Waals surface area contributed by atoms with Gasteiger partial charge in [0.05, 0.1) is 4.90 Å². The Kier molecular flexibility index (Phi) is 2.57. The summed E-state index contributed by atoms with van der Waals surface area (Å²) in [5, 5.41) is 1.05. The van der Waals surface area contributed by atoms with E-state index < -0.39 is 9.84 Å². The van der Waals surface area contributed by atoms with Crippen molar-refractivity contribution in [1.82, 2.24) is 4.98 Å². The molecule has 1 aromatic heterocycles. The molecule has 0 aliphatic heterocycles. The summed E-state index contributed by atoms with van der Waals surface area (Å²) in [6.45, 7) is 0. The lowest BCUT2D eigenvalue weighted by Gasteiger charge is -2.02. The molecule has 19 heavy (non-hydrogen) atoms. The molecule has 3 rings (SSSR count). The first-order chi connectivity index (χ1) is 9.07. The standard InChI is InChI=1S/C14H12N2O2S/c15-11-5-3-6-12(9-11)19(17,18)14-8-10-4-1-2-7-13(10)16-14/h1-9,16H,15H2. The van der Waals surface area contributed by atoms with Crippen LogP contribution in [0.1, 0.15) is 0 Å². The third-order valence-corrected chi connectivity index (χ3v) is 4.64. The predicted molar refractivity (Wildman–Crippen MR) is 74.6 cm³/mol. The quantitative estimate of drug-likeness (QED) is 0.704. The van der Waals surface area contributed by atoms with Crippen LogP contribution in [0, 0.1) is 0 Å². The van der Waals surface area contributed by atoms with E-state index in [2.05, 4.69) is 4.98 Å². The first-order valence-corrected chi connectivity index (χ1v) is 7.24. The van der Waals surface area contributed by atoms with Crippen LogP contribution >= 0.6 is 0 Å². The Morgan fingerprint density at radius 3 is 2.47 bits per heavy atom. The number of anilines is 1. The van der Waals surface area contributed by atoms with Gasteiger partial charge in [0.15, 0.2) is 0 Å². The maximum absolute atomic E-state index is 12.5. The summed E-state index contributed by atoms with van der Waals surface area (Å²) in [5.74, 6) is 0. The Morgan fingerprint density at radius 2 is 1.74 bits per heavy atom. The Balaban J connectivity index is 2.19. The van der Waals surface area contributed by atoms with Crippen molar-refractivity contribution in [3.05, 3.63) is 54.6 Å². The van der Waals surface area contributed by atoms with E-state index in [1.165, 1.54) is 12.1 Å². The molecule has 0 saturated heterocycles. The summed E-state index contributed by atoms with van der Waals surface area (Å²) in [5.41, 5.74) is 6.86. The number of nitrogens with one attached hydrogen (secondary N) is 1. The number of nitrogens with two attached hydrogens (primary N) is 1. The number of H-pyrrole nitrogens is 1. The molecule has 0 radical (unpaired) electrons. The fraction of sp³-hybridized carbons (Fsp3) is 0. The highest BCUT2D eigenvalue weighted by Gasteiger charge is 2.19. The van der Waals surface area contributed by atoms with Gasteiger partial charge < -0.3 is 10.7 Å². The summed E-state index contributed by atoms with van der Waals surface area (Å²) in [4.78, 5) is 3.12. The van der Waals surface area contributed by atoms with Crippen LogP contribution in [0.5, 0.6) is 0 Å². The summed E-state index contributed by atoms with van der Waals surface area (Å²) in [6, 6.07) is 15.3. The van der Waals surface area contributed by atoms with Gasteiger partial charge in [0, 0.05) is 16.6 Å². The van der Waals surface area contributed by atoms with Crippen molar-refractivity contribution < 1.29 is 8.42 Å². The van der Waals surface area contributed by atoms with Crippen LogP contribution in [-0.2, 0) is 9.84 Å². The highest BCUT2D eigenvalue weighted by atomic mass is 32.2. The molecule has 0 atom stereocenters. The number of hydrogen-bond donors (Lipinski definition) is 2. The Hall–Kier alpha value is -2.27. The zero-order chi connectivity index (χ0) is 13.5. The van der Waals surface area contributed by atoms with E-state index >= 15 is 0 Å². The predicted octanol–water partition coefficient (Wildman–Crippen LogP) is 2.58. The Morgan fingerprint density at radius 1 is 0.947 bits per heavy atom. The summed E-state index contributed by atoms with van der Waals surface area (Å²) in [6.07, 6.45) is 0. The molecular weight excluding hydrogens is 260 g/mol. The lowest BCUT2D eigenvalue weighted by Crippen LogP contribution is -2.02. The van der Waals surface area contributed by atoms with Crippen molar-refractivity contribution in [3.8, 4) is 0 Å². The third-order valence-electron chi connectivity index (χ3n) is 2.96. The molecular formula is C14H12N2O2S. The first kappa shape index (κ1) is 11.8. The number of fused-ring (bicyclic) bond motifs is 1. The minimum absolute atomic E-state index is 0.180. The van der Waals surface area contributed by atoms with E-state index in [1.54, 1.807) is 18.2 Å². The Labute approximate surface area is 110 Å². The second-order valence-corrected chi connectivity index (χ2v) is 6.21. The van der Waals surface area contributed by atoms with Gasteiger partial charge in [0.1, 0.15) is 5.03 Å². The number of para-hydroxylation sites is 1. The molecule has 0 spiro atoms. The molecule has 0 aliphatic carbocycles. The number of aromatic amines is 1. The van der Waals surface area contributed by atoms with Crippen LogP contribution in [0.3, 0.4) is 0 Å². The monoisotopic (exact) mass is 272 g/mol. The van der Waals surface area contributed by atoms with Gasteiger partial charge in [-0.2, -0.15) is 0 Å². The van der Waals surface area contributed by atoms with Crippen LogP contribution in [-0.4, -0.2) is 13.4 Å². The highest BCUT2D eigenvalue weighted by Crippen LogP contribution is 2.25. The second kappa shape index (κ2) is 4.13. The van der Waals surface area contributed by atoms with Crippen LogP contribution in [0.2, 0.25) is 0 Å². The van der Waals surface area contributed by atoms with Crippen molar-refractivity contribution in [2.75, 3.05) is 5.73 Å². The number of rotatable bonds is 2. The van der Waals surface area contributed by atoms with Crippen molar-refractivity contribution in [3.63, 3.8) is 0 Å². The molecule has 0 amide bonds. The molecule has 5 heteroatoms. The number of hydrogen-bond acceptors (Lipinski definition) is 3. The molecule has 1 heterocycles. The third kappa shape index (κ3) is 1.98. The van der Waals surface area contributed by atoms with Gasteiger partial charge in [-0.25, -0.2) is 8.42 Å². The van der Waals surface area contributed by atoms with Gasteiger partial charge in [-0.3, -0.25) is 0 Å². The van der Waals surface area contributed by atoms with E-state index in [1.807, 2.05) is 24.3 Å². The van der Waals surface area contributed by atoms with Crippen LogP contribution in [0.4, 0.5) is 5.69 Å². The smallest absolute Gasteiger partial charge is 0.221 e. The van der Waals surface area contributed by atoms with Gasteiger partial charge >= 0.3 is 0 Å². The topological polar surface area (TPSA) is 76.0 Å². The zero-order valence-electron chi connectivity index (χ0n) is 10.00. The molecule has 3 aromatic rings. The Bertz CT molecular complexity index is 818. The van der Waals surface area contributed by atoms with E-state index in [4.69, 9.17) is 5.73 Å². The maximum atomic E-state index is 12.5. The first-order valence-electron chi connectivity index (χ1n) is 5.76. The lowest BCUT2D eigenvalue weighted by molar-refractivity contribution is 0.593. The normalized spacial score (nSPS) is 11.8. The molecule has 0 bridgehead atoms. The van der Waals surface area contributed by atoms with E-state index in [0.29, 0.717) is 5.69 Å². The van der Waals surface area contributed by atoms with Gasteiger partial charge in [0.2, 0.25) is 9.84 Å². The minimum atomic E-state index is -3.56. The second-order valence-electron chi connectivity index (χ2n) is 4.30. The van der Waals surface area contributed by atoms with E-state index in [-0.39, 0.29) is 9.92 Å². The molecule has 96 valence electrons. The molecule has 0 saturated carbocycles. The van der Waals surface area contributed by atoms with Crippen molar-refractivity contribution in [1.29, 1.82) is 0 Å². The van der Waals surface area contributed by atoms with Crippen LogP contribution in [0.15, 0.2) is 64.5 Å². The van der Waals surface area contributed by atoms with Gasteiger partial charge in [-0.05, 0) is 30.3 Å². The molecule has 3 N–H and O–H groups in total. The van der Waals surface area contributed by atoms with Gasteiger partial charge in [0.25, 0.3) is 0 Å². The molecule has 0 aliphatic rings. The fourth-order valence-corrected chi connectivity index (χ4v) is 3.33. The van der Waals surface area contributed by atoms with Crippen LogP contribution in [0.25, 0.3) is 10.9 Å². The van der Waals surface area contributed by atoms with Crippen LogP contribution < -0.4 is 5.73 Å². The zero-order valence-corrected chi connectivity index (χ0v) is 10.8. The van der Waals surface area contributed by atoms with E-state index in [9.17, 15) is 8.42 Å². The SMILES string of the molecule is Nc1cccc(S(=O)(=O)c2cc3ccccc3[nH]2)c1. The summed E-state index contributed by atoms with van der Waals surface area (Å²) in [7, 11) is -3.56. The highest BCUT2D eigenvalue weighted by molar-refractivity contribution is 7.91. The number of nitrogen functional groups attached to an aromatic ring is 1. The van der Waals surface area contributed by atoms with Crippen molar-refractivity contribution in [2.45, 2.75) is 9.92 Å². The molecule has 2 aromatic carbocycles. The number of benzene rings is 2. The number of sulfone groups is 1. The summed E-state index contributed by atoms with van der Waals surface area (Å²) < 4.78 is 24.9. The largest absolute Gasteiger partial charge is 0.399 e. The minimum Gasteiger partial charge on any atom is -0.399 e. The molecule has 0 unspecified atom stereocenters. The van der Waals surface area contributed by atoms with Crippen molar-refractivity contribution >= 4 is 26.4 Å². The molecule has 0 fully saturated rings. The maximum Gasteiger partial charge on any atom is 0.221 e. The van der Waals surface area contributed by atoms with Crippen molar-refractivity contribution in [2.24, 2.45) is 0 Å². The van der Waals surface area contributed by atoms with Gasteiger partial charge in [-0.15, -0.1) is 0 Å².